The number of nitrogens with one attached hydrogen (secondary N) is 1. The molecule has 300 valence electrons. The number of nitrogens with zero attached hydrogens (tertiary/aromatic N) is 5. The standard InChI is InChI=1S/C37H31ClF7N7O4S/c1-35(2,54)10-9-19-5-6-20(21-7-8-25(38)27-29(21)51(3)49-34(27)50-57(4,55)56)28(47-19)23(13-16-11-17(39)14-18(40)12-16)30(33(46)53)52-32-26(31(48-52)37(43,44)45)22-15-24(22)36(32,41)42/h5-8,11-12,14,22-24,30,54H,13,15H2,1-4H3,(H2,46,53)(H,49,50)/t22-,23+,24+,30?/m0/s1. The highest BCUT2D eigenvalue weighted by molar-refractivity contribution is 7.92. The lowest BCUT2D eigenvalue weighted by Gasteiger charge is -2.29. The second-order valence-corrected chi connectivity index (χ2v) is 16.8. The number of nitrogens with two attached hydrogens (primary N) is 1. The van der Waals surface area contributed by atoms with Crippen LogP contribution in [-0.4, -0.2) is 55.8 Å². The second kappa shape index (κ2) is 13.5. The van der Waals surface area contributed by atoms with Crippen molar-refractivity contribution < 1.29 is 49.1 Å². The Bertz CT molecular complexity index is 2660. The van der Waals surface area contributed by atoms with E-state index in [-0.39, 0.29) is 60.9 Å². The zero-order chi connectivity index (χ0) is 41.7. The number of aromatic nitrogens is 5. The molecule has 2 aliphatic rings. The van der Waals surface area contributed by atoms with E-state index in [1.807, 2.05) is 0 Å². The van der Waals surface area contributed by atoms with Gasteiger partial charge < -0.3 is 10.8 Å². The fraction of sp³-hybridized carbons (Fsp3) is 0.351. The Balaban J connectivity index is 1.57. The summed E-state index contributed by atoms with van der Waals surface area (Å²) in [6, 6.07) is 5.77. The van der Waals surface area contributed by atoms with E-state index >= 15 is 8.78 Å². The van der Waals surface area contributed by atoms with Crippen molar-refractivity contribution in [3.05, 3.63) is 93.0 Å². The molecule has 57 heavy (non-hydrogen) atoms. The summed E-state index contributed by atoms with van der Waals surface area (Å²) < 4.78 is 134. The van der Waals surface area contributed by atoms with Crippen molar-refractivity contribution in [2.24, 2.45) is 18.7 Å². The Morgan fingerprint density at radius 3 is 2.35 bits per heavy atom. The molecule has 1 fully saturated rings. The number of aliphatic hydroxyl groups is 1. The van der Waals surface area contributed by atoms with Gasteiger partial charge in [-0.2, -0.15) is 32.1 Å². The molecule has 3 aromatic heterocycles. The maximum atomic E-state index is 16.0. The summed E-state index contributed by atoms with van der Waals surface area (Å²) in [6.07, 6.45) is -5.23. The third-order valence-corrected chi connectivity index (χ3v) is 10.6. The number of hydrogen-bond donors (Lipinski definition) is 3. The summed E-state index contributed by atoms with van der Waals surface area (Å²) >= 11 is 6.57. The lowest BCUT2D eigenvalue weighted by molar-refractivity contribution is -0.142. The van der Waals surface area contributed by atoms with Crippen molar-refractivity contribution >= 4 is 44.3 Å². The number of carbonyl (C=O) groups is 1. The molecule has 1 amide bonds. The first-order chi connectivity index (χ1) is 26.4. The van der Waals surface area contributed by atoms with Crippen molar-refractivity contribution in [1.29, 1.82) is 0 Å². The summed E-state index contributed by atoms with van der Waals surface area (Å²) in [5.41, 5.74) is 0.753. The van der Waals surface area contributed by atoms with Crippen LogP contribution in [0.15, 0.2) is 42.5 Å². The molecule has 0 saturated heterocycles. The van der Waals surface area contributed by atoms with Crippen molar-refractivity contribution in [2.45, 2.75) is 62.3 Å². The average molecular weight is 838 g/mol. The van der Waals surface area contributed by atoms with Crippen molar-refractivity contribution in [3.63, 3.8) is 0 Å². The summed E-state index contributed by atoms with van der Waals surface area (Å²) in [4.78, 5) is 18.4. The molecule has 0 radical (unpaired) electrons. The molecular formula is C37H31ClF7N7O4S. The summed E-state index contributed by atoms with van der Waals surface area (Å²) in [6.45, 7) is 2.74. The molecule has 5 aromatic rings. The van der Waals surface area contributed by atoms with Crippen LogP contribution in [0, 0.1) is 29.4 Å². The number of rotatable bonds is 9. The Labute approximate surface area is 325 Å². The third kappa shape index (κ3) is 7.41. The van der Waals surface area contributed by atoms with Gasteiger partial charge in [0.1, 0.15) is 34.7 Å². The number of fused-ring (bicyclic) bond motifs is 4. The number of hydrogen-bond acceptors (Lipinski definition) is 7. The minimum absolute atomic E-state index is 0.0320. The van der Waals surface area contributed by atoms with Gasteiger partial charge in [0.25, 0.3) is 5.92 Å². The Morgan fingerprint density at radius 2 is 1.75 bits per heavy atom. The monoisotopic (exact) mass is 837 g/mol. The second-order valence-electron chi connectivity index (χ2n) is 14.7. The molecule has 1 unspecified atom stereocenters. The maximum Gasteiger partial charge on any atom is 0.435 e. The summed E-state index contributed by atoms with van der Waals surface area (Å²) in [5, 5.41) is 18.4. The van der Waals surface area contributed by atoms with Crippen LogP contribution in [0.5, 0.6) is 0 Å². The lowest BCUT2D eigenvalue weighted by Crippen LogP contribution is -2.37. The Kier molecular flexibility index (Phi) is 9.44. The molecule has 0 bridgehead atoms. The largest absolute Gasteiger partial charge is 0.435 e. The van der Waals surface area contributed by atoms with Gasteiger partial charge in [-0.3, -0.25) is 14.2 Å². The summed E-state index contributed by atoms with van der Waals surface area (Å²) in [7, 11) is -2.46. The Morgan fingerprint density at radius 1 is 1.11 bits per heavy atom. The molecule has 1 saturated carbocycles. The van der Waals surface area contributed by atoms with Crippen LogP contribution in [0.2, 0.25) is 5.02 Å². The van der Waals surface area contributed by atoms with Crippen LogP contribution >= 0.6 is 11.6 Å². The smallest absolute Gasteiger partial charge is 0.378 e. The van der Waals surface area contributed by atoms with Gasteiger partial charge in [0.15, 0.2) is 11.5 Å². The topological polar surface area (TPSA) is 158 Å². The van der Waals surface area contributed by atoms with Crippen molar-refractivity contribution in [2.75, 3.05) is 11.0 Å². The first-order valence-corrected chi connectivity index (χ1v) is 19.3. The van der Waals surface area contributed by atoms with Gasteiger partial charge in [0.05, 0.1) is 27.9 Å². The van der Waals surface area contributed by atoms with E-state index in [1.165, 1.54) is 49.8 Å². The predicted octanol–water partition coefficient (Wildman–Crippen LogP) is 6.54. The van der Waals surface area contributed by atoms with E-state index < -0.39 is 92.4 Å². The van der Waals surface area contributed by atoms with Crippen LogP contribution in [0.1, 0.15) is 72.0 Å². The van der Waals surface area contributed by atoms with Crippen LogP contribution in [0.3, 0.4) is 0 Å². The number of alkyl halides is 5. The molecule has 2 aliphatic carbocycles. The molecule has 0 aliphatic heterocycles. The SMILES string of the molecule is Cn1nc(NS(C)(=O)=O)c2c(Cl)ccc(-c3ccc(C#CC(C)(C)O)nc3[C@@H](Cc3cc(F)cc(F)c3)C(C(N)=O)n3nc(C(F)(F)F)c4c3C(F)(F)[C@@H]3C[C@H]43)c21. The number of primary amides is 1. The number of sulfonamides is 1. The molecule has 0 spiro atoms. The number of carbonyl (C=O) groups excluding carboxylic acids is 1. The minimum atomic E-state index is -5.23. The zero-order valence-corrected chi connectivity index (χ0v) is 31.8. The van der Waals surface area contributed by atoms with Gasteiger partial charge in [-0.05, 0) is 74.4 Å². The van der Waals surface area contributed by atoms with E-state index in [9.17, 15) is 40.3 Å². The number of amides is 1. The Hall–Kier alpha value is -5.19. The van der Waals surface area contributed by atoms with Gasteiger partial charge in [-0.25, -0.2) is 26.9 Å². The molecule has 4 N–H and O–H groups in total. The first kappa shape index (κ1) is 40.0. The van der Waals surface area contributed by atoms with Crippen LogP contribution in [-0.2, 0) is 40.4 Å². The van der Waals surface area contributed by atoms with Crippen molar-refractivity contribution in [3.8, 4) is 23.0 Å². The molecule has 7 rings (SSSR count). The van der Waals surface area contributed by atoms with Crippen LogP contribution < -0.4 is 10.5 Å². The average Bonchev–Trinajstić information content (AvgIpc) is 3.59. The van der Waals surface area contributed by atoms with E-state index in [0.29, 0.717) is 6.07 Å². The van der Waals surface area contributed by atoms with E-state index in [0.717, 1.165) is 18.4 Å². The number of pyridine rings is 1. The van der Waals surface area contributed by atoms with Gasteiger partial charge >= 0.3 is 6.18 Å². The molecule has 4 atom stereocenters. The molecule has 2 aromatic carbocycles. The molecule has 11 nitrogen and oxygen atoms in total. The van der Waals surface area contributed by atoms with Gasteiger partial charge in [0.2, 0.25) is 15.9 Å². The number of halogens is 8. The highest BCUT2D eigenvalue weighted by Crippen LogP contribution is 2.69. The highest BCUT2D eigenvalue weighted by atomic mass is 35.5. The maximum absolute atomic E-state index is 16.0. The fourth-order valence-electron chi connectivity index (χ4n) is 7.58. The quantitative estimate of drug-likeness (QED) is 0.112. The predicted molar refractivity (Wildman–Crippen MR) is 194 cm³/mol. The van der Waals surface area contributed by atoms with Gasteiger partial charge in [-0.15, -0.1) is 0 Å². The van der Waals surface area contributed by atoms with Crippen LogP contribution in [0.4, 0.5) is 36.6 Å². The normalized spacial score (nSPS) is 18.4. The zero-order valence-electron chi connectivity index (χ0n) is 30.2. The van der Waals surface area contributed by atoms with E-state index in [2.05, 4.69) is 31.7 Å². The number of benzene rings is 2. The highest BCUT2D eigenvalue weighted by Gasteiger charge is 2.69. The van der Waals surface area contributed by atoms with Gasteiger partial charge in [0, 0.05) is 41.6 Å². The van der Waals surface area contributed by atoms with E-state index in [4.69, 9.17) is 17.3 Å². The fourth-order valence-corrected chi connectivity index (χ4v) is 8.31. The molecule has 3 heterocycles. The van der Waals surface area contributed by atoms with E-state index in [1.54, 1.807) is 0 Å². The minimum Gasteiger partial charge on any atom is -0.378 e. The molecule has 20 heteroatoms. The number of aryl methyl sites for hydroxylation is 1. The summed E-state index contributed by atoms with van der Waals surface area (Å²) in [5.74, 6) is -6.78. The first-order valence-electron chi connectivity index (χ1n) is 17.1. The van der Waals surface area contributed by atoms with Gasteiger partial charge in [-0.1, -0.05) is 23.6 Å². The third-order valence-electron chi connectivity index (χ3n) is 9.75. The van der Waals surface area contributed by atoms with Crippen LogP contribution in [0.25, 0.3) is 22.0 Å². The van der Waals surface area contributed by atoms with Crippen molar-refractivity contribution in [1.82, 2.24) is 24.5 Å². The lowest BCUT2D eigenvalue weighted by atomic mass is 9.84. The molecular weight excluding hydrogens is 807 g/mol. The number of anilines is 1.